The number of hydrogen-bond donors (Lipinski definition) is 4. The Morgan fingerprint density at radius 1 is 0.878 bits per heavy atom. The fourth-order valence-electron chi connectivity index (χ4n) is 4.47. The fourth-order valence-corrected chi connectivity index (χ4v) is 4.47. The molecule has 0 amide bonds. The average molecular weight is 686 g/mol. The summed E-state index contributed by atoms with van der Waals surface area (Å²) in [6.45, 7) is 1.19. The summed E-state index contributed by atoms with van der Waals surface area (Å²) in [6, 6.07) is 8.94. The fraction of sp³-hybridized carbons (Fsp3) is 0.375. The van der Waals surface area contributed by atoms with E-state index in [0.717, 1.165) is 10.1 Å². The number of carbonyl (C=O) groups is 2. The molecule has 17 heteroatoms. The number of halogens is 1. The number of aromatic nitrogens is 5. The summed E-state index contributed by atoms with van der Waals surface area (Å²) in [7, 11) is 0. The number of aryl methyl sites for hydroxylation is 2. The number of ether oxygens (including phenoxy) is 4. The van der Waals surface area contributed by atoms with Crippen molar-refractivity contribution < 1.29 is 48.2 Å². The molecule has 0 fully saturated rings. The van der Waals surface area contributed by atoms with Gasteiger partial charge in [-0.05, 0) is 37.0 Å². The summed E-state index contributed by atoms with van der Waals surface area (Å²) in [4.78, 5) is 48.9. The Labute approximate surface area is 278 Å². The number of aromatic amines is 1. The van der Waals surface area contributed by atoms with Crippen LogP contribution in [0.3, 0.4) is 0 Å². The van der Waals surface area contributed by atoms with Gasteiger partial charge in [-0.1, -0.05) is 17.3 Å². The minimum absolute atomic E-state index is 0.0314. The molecule has 4 N–H and O–H groups in total. The zero-order valence-electron chi connectivity index (χ0n) is 26.4. The number of nitrogens with one attached hydrogen (secondary N) is 1. The molecule has 2 aromatic carbocycles. The van der Waals surface area contributed by atoms with E-state index in [2.05, 4.69) is 10.3 Å². The summed E-state index contributed by atoms with van der Waals surface area (Å²) in [5, 5.41) is 38.1. The molecular weight excluding hydrogens is 649 g/mol. The molecule has 0 unspecified atom stereocenters. The Morgan fingerprint density at radius 3 is 2.31 bits per heavy atom. The molecule has 0 spiro atoms. The van der Waals surface area contributed by atoms with Gasteiger partial charge in [0.25, 0.3) is 5.56 Å². The molecule has 2 heterocycles. The largest absolute Gasteiger partial charge is 0.508 e. The van der Waals surface area contributed by atoms with E-state index >= 15 is 0 Å². The number of nitrogens with zero attached hydrogens (tertiary/aromatic N) is 4. The number of esters is 1. The maximum absolute atomic E-state index is 13.3. The zero-order chi connectivity index (χ0) is 35.2. The van der Waals surface area contributed by atoms with Crippen LogP contribution in [0.15, 0.2) is 58.4 Å². The Balaban J connectivity index is 1.03. The second-order valence-electron chi connectivity index (χ2n) is 10.7. The number of aromatic hydroxyl groups is 3. The summed E-state index contributed by atoms with van der Waals surface area (Å²) in [5.41, 5.74) is -0.734. The highest BCUT2D eigenvalue weighted by Gasteiger charge is 2.18. The SMILES string of the molecule is O=C(CCCc1cn(CCOCCOCCOc2cc(O)c(C(=O)CCc3ccc(O)cc3)c(O)c2)nn1)OCn1cc(F)c(=O)[nH]c1=O. The smallest absolute Gasteiger partial charge is 0.331 e. The van der Waals surface area contributed by atoms with E-state index in [-0.39, 0.29) is 54.6 Å². The van der Waals surface area contributed by atoms with Crippen molar-refractivity contribution in [2.75, 3.05) is 33.0 Å². The highest BCUT2D eigenvalue weighted by molar-refractivity contribution is 6.01. The second-order valence-corrected chi connectivity index (χ2v) is 10.7. The van der Waals surface area contributed by atoms with E-state index in [1.807, 2.05) is 0 Å². The first-order valence-electron chi connectivity index (χ1n) is 15.3. The molecule has 0 bridgehead atoms. The number of phenols is 3. The summed E-state index contributed by atoms with van der Waals surface area (Å²) >= 11 is 0. The Morgan fingerprint density at radius 2 is 1.57 bits per heavy atom. The highest BCUT2D eigenvalue weighted by atomic mass is 19.1. The molecule has 0 aliphatic carbocycles. The van der Waals surface area contributed by atoms with Crippen LogP contribution in [-0.2, 0) is 45.1 Å². The third kappa shape index (κ3) is 11.6. The quantitative estimate of drug-likeness (QED) is 0.0594. The minimum atomic E-state index is -1.17. The Bertz CT molecular complexity index is 1800. The topological polar surface area (TPSA) is 217 Å². The van der Waals surface area contributed by atoms with Crippen molar-refractivity contribution in [1.82, 2.24) is 24.5 Å². The van der Waals surface area contributed by atoms with Gasteiger partial charge in [0.15, 0.2) is 12.5 Å². The predicted molar refractivity (Wildman–Crippen MR) is 168 cm³/mol. The summed E-state index contributed by atoms with van der Waals surface area (Å²) in [5.74, 6) is -2.68. The maximum Gasteiger partial charge on any atom is 0.331 e. The van der Waals surface area contributed by atoms with E-state index in [9.17, 15) is 38.9 Å². The standard InChI is InChI=1S/C32H36FN5O11/c33-25-19-37(32(45)34-31(25)44)20-49-29(43)3-1-2-22-18-38(36-35-22)10-11-46-12-13-47-14-15-48-24-16-27(41)30(28(42)17-24)26(40)9-6-21-4-7-23(39)8-5-21/h4-5,7-8,16-19,39,41-42H,1-3,6,9-15,20H2,(H,34,44,45). The van der Waals surface area contributed by atoms with Crippen LogP contribution in [0.1, 0.15) is 40.9 Å². The lowest BCUT2D eigenvalue weighted by Crippen LogP contribution is -2.32. The molecule has 16 nitrogen and oxygen atoms in total. The van der Waals surface area contributed by atoms with Crippen LogP contribution < -0.4 is 16.0 Å². The van der Waals surface area contributed by atoms with E-state index in [1.165, 1.54) is 24.3 Å². The van der Waals surface area contributed by atoms with E-state index in [1.54, 1.807) is 28.0 Å². The van der Waals surface area contributed by atoms with Gasteiger partial charge in [-0.2, -0.15) is 4.39 Å². The van der Waals surface area contributed by atoms with Gasteiger partial charge in [-0.3, -0.25) is 23.9 Å². The predicted octanol–water partition coefficient (Wildman–Crippen LogP) is 1.84. The first-order chi connectivity index (χ1) is 23.6. The number of carbonyl (C=O) groups excluding carboxylic acids is 2. The van der Waals surface area contributed by atoms with Crippen molar-refractivity contribution in [3.05, 3.63) is 92.3 Å². The van der Waals surface area contributed by atoms with Gasteiger partial charge >= 0.3 is 11.7 Å². The minimum Gasteiger partial charge on any atom is -0.508 e. The van der Waals surface area contributed by atoms with Gasteiger partial charge in [0.1, 0.15) is 35.2 Å². The molecular formula is C32H36FN5O11. The number of rotatable bonds is 20. The maximum atomic E-state index is 13.3. The molecule has 4 rings (SSSR count). The van der Waals surface area contributed by atoms with Crippen LogP contribution in [0, 0.1) is 5.82 Å². The number of ketones is 1. The van der Waals surface area contributed by atoms with Crippen molar-refractivity contribution in [2.24, 2.45) is 0 Å². The summed E-state index contributed by atoms with van der Waals surface area (Å²) in [6.07, 6.45) is 3.71. The van der Waals surface area contributed by atoms with Crippen molar-refractivity contribution in [3.63, 3.8) is 0 Å². The first kappa shape index (κ1) is 36.3. The number of hydrogen-bond acceptors (Lipinski definition) is 13. The Kier molecular flexibility index (Phi) is 13.4. The molecule has 2 aromatic heterocycles. The first-order valence-corrected chi connectivity index (χ1v) is 15.3. The molecule has 49 heavy (non-hydrogen) atoms. The molecule has 0 atom stereocenters. The van der Waals surface area contributed by atoms with Gasteiger partial charge in [-0.25, -0.2) is 9.48 Å². The van der Waals surface area contributed by atoms with Crippen molar-refractivity contribution in [1.29, 1.82) is 0 Å². The van der Waals surface area contributed by atoms with Gasteiger partial charge in [0.2, 0.25) is 5.82 Å². The third-order valence-corrected chi connectivity index (χ3v) is 6.99. The van der Waals surface area contributed by atoms with E-state index < -0.39 is 35.5 Å². The van der Waals surface area contributed by atoms with Crippen molar-refractivity contribution in [3.8, 4) is 23.0 Å². The van der Waals surface area contributed by atoms with Gasteiger partial charge < -0.3 is 34.3 Å². The van der Waals surface area contributed by atoms with Gasteiger partial charge in [0.05, 0.1) is 44.9 Å². The highest BCUT2D eigenvalue weighted by Crippen LogP contribution is 2.33. The van der Waals surface area contributed by atoms with Crippen LogP contribution in [0.4, 0.5) is 4.39 Å². The number of benzene rings is 2. The lowest BCUT2D eigenvalue weighted by atomic mass is 10.0. The van der Waals surface area contributed by atoms with Gasteiger partial charge in [0, 0.05) is 31.2 Å². The molecule has 4 aromatic rings. The normalized spacial score (nSPS) is 11.0. The van der Waals surface area contributed by atoms with Crippen molar-refractivity contribution >= 4 is 11.8 Å². The lowest BCUT2D eigenvalue weighted by molar-refractivity contribution is -0.147. The molecule has 0 saturated carbocycles. The second kappa shape index (κ2) is 18.1. The van der Waals surface area contributed by atoms with Crippen LogP contribution in [0.5, 0.6) is 23.0 Å². The van der Waals surface area contributed by atoms with Crippen LogP contribution >= 0.6 is 0 Å². The zero-order valence-corrected chi connectivity index (χ0v) is 26.4. The number of phenolic OH excluding ortho intramolecular Hbond substituents is 3. The molecule has 0 aliphatic rings. The average Bonchev–Trinajstić information content (AvgIpc) is 3.52. The summed E-state index contributed by atoms with van der Waals surface area (Å²) < 4.78 is 37.1. The van der Waals surface area contributed by atoms with E-state index in [4.69, 9.17) is 18.9 Å². The molecule has 0 aliphatic heterocycles. The monoisotopic (exact) mass is 685 g/mol. The van der Waals surface area contributed by atoms with Crippen LogP contribution in [0.25, 0.3) is 0 Å². The van der Waals surface area contributed by atoms with Crippen LogP contribution in [-0.4, -0.2) is 84.7 Å². The number of H-pyrrole nitrogens is 1. The lowest BCUT2D eigenvalue weighted by Gasteiger charge is -2.11. The molecule has 0 radical (unpaired) electrons. The molecule has 262 valence electrons. The van der Waals surface area contributed by atoms with E-state index in [0.29, 0.717) is 57.5 Å². The van der Waals surface area contributed by atoms with Crippen molar-refractivity contribution in [2.45, 2.75) is 45.4 Å². The third-order valence-electron chi connectivity index (χ3n) is 6.99. The Hall–Kier alpha value is -5.55. The number of Topliss-reactive ketones (excluding diaryl/α,β-unsaturated/α-hetero) is 1. The molecule has 0 saturated heterocycles. The van der Waals surface area contributed by atoms with Gasteiger partial charge in [-0.15, -0.1) is 5.10 Å². The van der Waals surface area contributed by atoms with Crippen LogP contribution in [0.2, 0.25) is 0 Å².